The van der Waals surface area contributed by atoms with Crippen LogP contribution >= 0.6 is 0 Å². The Morgan fingerprint density at radius 2 is 1.73 bits per heavy atom. The molecule has 0 fully saturated rings. The zero-order chi connectivity index (χ0) is 21.3. The fraction of sp³-hybridized carbons (Fsp3) is 0.217. The zero-order valence-electron chi connectivity index (χ0n) is 16.8. The number of pyridine rings is 1. The lowest BCUT2D eigenvalue weighted by Crippen LogP contribution is -2.30. The molecule has 0 radical (unpaired) electrons. The van der Waals surface area contributed by atoms with Gasteiger partial charge in [0.05, 0.1) is 16.6 Å². The molecule has 4 rings (SSSR count). The van der Waals surface area contributed by atoms with Crippen LogP contribution in [0.4, 0.5) is 5.69 Å². The van der Waals surface area contributed by atoms with Crippen molar-refractivity contribution >= 4 is 21.6 Å². The summed E-state index contributed by atoms with van der Waals surface area (Å²) in [6.07, 6.45) is 3.95. The number of carbonyl (C=O) groups is 1. The average Bonchev–Trinajstić information content (AvgIpc) is 3.03. The number of carbonyl (C=O) groups excluding carboxylic acids is 1. The Labute approximate surface area is 176 Å². The van der Waals surface area contributed by atoms with Crippen molar-refractivity contribution in [1.29, 1.82) is 0 Å². The van der Waals surface area contributed by atoms with Crippen molar-refractivity contribution in [2.45, 2.75) is 31.2 Å². The lowest BCUT2D eigenvalue weighted by Gasteiger charge is -2.19. The van der Waals surface area contributed by atoms with Gasteiger partial charge in [0, 0.05) is 18.0 Å². The average molecular weight is 422 g/mol. The molecule has 154 valence electrons. The van der Waals surface area contributed by atoms with Crippen molar-refractivity contribution in [2.24, 2.45) is 5.92 Å². The normalized spacial score (nSPS) is 17.9. The monoisotopic (exact) mass is 421 g/mol. The summed E-state index contributed by atoms with van der Waals surface area (Å²) >= 11 is 0. The van der Waals surface area contributed by atoms with Crippen molar-refractivity contribution in [2.75, 3.05) is 4.72 Å². The van der Waals surface area contributed by atoms with Crippen LogP contribution in [0.5, 0.6) is 0 Å². The van der Waals surface area contributed by atoms with Crippen LogP contribution in [0, 0.1) is 12.8 Å². The van der Waals surface area contributed by atoms with Crippen molar-refractivity contribution in [3.8, 4) is 0 Å². The molecular formula is C23H23N3O3S. The Kier molecular flexibility index (Phi) is 5.30. The van der Waals surface area contributed by atoms with E-state index in [0.717, 1.165) is 12.0 Å². The molecule has 1 aliphatic carbocycles. The molecule has 0 aliphatic heterocycles. The largest absolute Gasteiger partial charge is 0.345 e. The molecule has 0 saturated carbocycles. The maximum atomic E-state index is 12.8. The first-order chi connectivity index (χ1) is 14.3. The van der Waals surface area contributed by atoms with E-state index in [1.54, 1.807) is 12.1 Å². The minimum Gasteiger partial charge on any atom is -0.345 e. The number of nitrogens with one attached hydrogen (secondary N) is 2. The third-order valence-electron chi connectivity index (χ3n) is 5.39. The van der Waals surface area contributed by atoms with Crippen LogP contribution in [0.15, 0.2) is 71.9 Å². The first-order valence-corrected chi connectivity index (χ1v) is 11.2. The van der Waals surface area contributed by atoms with E-state index in [-0.39, 0.29) is 16.8 Å². The molecule has 1 amide bonds. The van der Waals surface area contributed by atoms with Crippen molar-refractivity contribution in [3.05, 3.63) is 89.2 Å². The second-order valence-corrected chi connectivity index (χ2v) is 9.38. The standard InChI is InChI=1S/C23H23N3O3S/c1-15-3-4-18-14-16(2)22(21(18)13-15)25-23(27)17-5-7-20(8-6-17)30(28,29)26-19-9-11-24-12-10-19/h3-13,16,22H,14H2,1-2H3,(H,24,26)(H,25,27)/t16-,22-/m1/s1. The summed E-state index contributed by atoms with van der Waals surface area (Å²) in [6, 6.07) is 15.4. The molecule has 0 bridgehead atoms. The van der Waals surface area contributed by atoms with Crippen LogP contribution in [-0.2, 0) is 16.4 Å². The summed E-state index contributed by atoms with van der Waals surface area (Å²) < 4.78 is 27.6. The molecule has 3 aromatic rings. The highest BCUT2D eigenvalue weighted by molar-refractivity contribution is 7.92. The Bertz CT molecular complexity index is 1180. The first-order valence-electron chi connectivity index (χ1n) is 9.77. The topological polar surface area (TPSA) is 88.2 Å². The van der Waals surface area contributed by atoms with Crippen LogP contribution < -0.4 is 10.0 Å². The number of aromatic nitrogens is 1. The predicted molar refractivity (Wildman–Crippen MR) is 116 cm³/mol. The summed E-state index contributed by atoms with van der Waals surface area (Å²) in [5.41, 5.74) is 4.44. The molecule has 2 aromatic carbocycles. The Morgan fingerprint density at radius 1 is 1.03 bits per heavy atom. The van der Waals surface area contributed by atoms with Gasteiger partial charge >= 0.3 is 0 Å². The van der Waals surface area contributed by atoms with E-state index in [2.05, 4.69) is 40.1 Å². The number of anilines is 1. The number of hydrogen-bond acceptors (Lipinski definition) is 4. The maximum absolute atomic E-state index is 12.8. The van der Waals surface area contributed by atoms with E-state index in [4.69, 9.17) is 0 Å². The second-order valence-electron chi connectivity index (χ2n) is 7.70. The molecule has 0 saturated heterocycles. The maximum Gasteiger partial charge on any atom is 0.261 e. The summed E-state index contributed by atoms with van der Waals surface area (Å²) in [4.78, 5) is 16.8. The number of sulfonamides is 1. The van der Waals surface area contributed by atoms with Gasteiger partial charge in [-0.3, -0.25) is 14.5 Å². The highest BCUT2D eigenvalue weighted by Crippen LogP contribution is 2.36. The predicted octanol–water partition coefficient (Wildman–Crippen LogP) is 3.85. The number of amides is 1. The Hall–Kier alpha value is -3.19. The Balaban J connectivity index is 1.49. The number of rotatable bonds is 5. The van der Waals surface area contributed by atoms with Gasteiger partial charge in [-0.1, -0.05) is 30.7 Å². The van der Waals surface area contributed by atoms with Crippen molar-refractivity contribution in [1.82, 2.24) is 10.3 Å². The molecule has 30 heavy (non-hydrogen) atoms. The van der Waals surface area contributed by atoms with E-state index in [0.29, 0.717) is 17.2 Å². The van der Waals surface area contributed by atoms with Crippen LogP contribution in [0.2, 0.25) is 0 Å². The lowest BCUT2D eigenvalue weighted by atomic mass is 10.0. The molecule has 0 unspecified atom stereocenters. The van der Waals surface area contributed by atoms with E-state index in [9.17, 15) is 13.2 Å². The van der Waals surface area contributed by atoms with Crippen molar-refractivity contribution in [3.63, 3.8) is 0 Å². The summed E-state index contributed by atoms with van der Waals surface area (Å²) in [5, 5.41) is 3.12. The molecular weight excluding hydrogens is 398 g/mol. The molecule has 7 heteroatoms. The smallest absolute Gasteiger partial charge is 0.261 e. The molecule has 0 spiro atoms. The van der Waals surface area contributed by atoms with Gasteiger partial charge in [-0.2, -0.15) is 0 Å². The van der Waals surface area contributed by atoms with E-state index in [1.165, 1.54) is 47.8 Å². The highest BCUT2D eigenvalue weighted by Gasteiger charge is 2.30. The van der Waals surface area contributed by atoms with Gasteiger partial charge in [0.2, 0.25) is 0 Å². The number of fused-ring (bicyclic) bond motifs is 1. The quantitative estimate of drug-likeness (QED) is 0.655. The lowest BCUT2D eigenvalue weighted by molar-refractivity contribution is 0.0927. The molecule has 1 aromatic heterocycles. The molecule has 1 heterocycles. The van der Waals surface area contributed by atoms with Gasteiger partial charge in [-0.15, -0.1) is 0 Å². The zero-order valence-corrected chi connectivity index (χ0v) is 17.6. The molecule has 6 nitrogen and oxygen atoms in total. The third-order valence-corrected chi connectivity index (χ3v) is 6.79. The fourth-order valence-electron chi connectivity index (χ4n) is 3.83. The molecule has 2 N–H and O–H groups in total. The van der Waals surface area contributed by atoms with Gasteiger partial charge in [0.1, 0.15) is 0 Å². The molecule has 2 atom stereocenters. The van der Waals surface area contributed by atoms with Gasteiger partial charge in [-0.25, -0.2) is 8.42 Å². The van der Waals surface area contributed by atoms with Gasteiger partial charge < -0.3 is 5.32 Å². The number of benzene rings is 2. The van der Waals surface area contributed by atoms with Crippen LogP contribution in [0.25, 0.3) is 0 Å². The summed E-state index contributed by atoms with van der Waals surface area (Å²) in [6.45, 7) is 4.17. The van der Waals surface area contributed by atoms with Crippen LogP contribution in [-0.4, -0.2) is 19.3 Å². The van der Waals surface area contributed by atoms with Gasteiger partial charge in [-0.05, 0) is 66.8 Å². The van der Waals surface area contributed by atoms with E-state index < -0.39 is 10.0 Å². The number of nitrogens with zero attached hydrogens (tertiary/aromatic N) is 1. The number of hydrogen-bond donors (Lipinski definition) is 2. The van der Waals surface area contributed by atoms with Crippen LogP contribution in [0.3, 0.4) is 0 Å². The summed E-state index contributed by atoms with van der Waals surface area (Å²) in [5.74, 6) is 0.0854. The van der Waals surface area contributed by atoms with E-state index in [1.807, 2.05) is 6.92 Å². The van der Waals surface area contributed by atoms with Crippen molar-refractivity contribution < 1.29 is 13.2 Å². The van der Waals surface area contributed by atoms with E-state index >= 15 is 0 Å². The fourth-order valence-corrected chi connectivity index (χ4v) is 4.88. The SMILES string of the molecule is Cc1ccc2c(c1)[C@H](NC(=O)c1ccc(S(=O)(=O)Nc3ccncc3)cc1)[C@H](C)C2. The second kappa shape index (κ2) is 7.91. The van der Waals surface area contributed by atoms with Gasteiger partial charge in [0.25, 0.3) is 15.9 Å². The van der Waals surface area contributed by atoms with Gasteiger partial charge in [0.15, 0.2) is 0 Å². The first kappa shape index (κ1) is 20.1. The van der Waals surface area contributed by atoms with Crippen LogP contribution in [0.1, 0.15) is 40.0 Å². The number of aryl methyl sites for hydroxylation is 1. The summed E-state index contributed by atoms with van der Waals surface area (Å²) in [7, 11) is -3.74. The molecule has 1 aliphatic rings. The minimum atomic E-state index is -3.74. The minimum absolute atomic E-state index is 0.0517. The Morgan fingerprint density at radius 3 is 2.43 bits per heavy atom. The third kappa shape index (κ3) is 4.07. The highest BCUT2D eigenvalue weighted by atomic mass is 32.2.